The molecule has 0 aromatic heterocycles. The van der Waals surface area contributed by atoms with Crippen molar-refractivity contribution in [2.24, 2.45) is 0 Å². The molecule has 0 aliphatic carbocycles. The van der Waals surface area contributed by atoms with Crippen LogP contribution in [0.4, 0.5) is 0 Å². The maximum absolute atomic E-state index is 2.35. The lowest BCUT2D eigenvalue weighted by Gasteiger charge is -2.09. The third kappa shape index (κ3) is 7.72. The van der Waals surface area contributed by atoms with Crippen LogP contribution in [0.3, 0.4) is 0 Å². The standard InChI is InChI=1S/C20H34/c1-3-5-7-9-10-12-16-20-18-14-13-17-19(20)15-11-8-6-4-2/h13-14,17-18H,3-12,15-16H2,1-2H3. The zero-order chi connectivity index (χ0) is 14.5. The number of aryl methyl sites for hydroxylation is 2. The highest BCUT2D eigenvalue weighted by molar-refractivity contribution is 5.27. The van der Waals surface area contributed by atoms with Crippen molar-refractivity contribution in [3.63, 3.8) is 0 Å². The Balaban J connectivity index is 2.26. The fourth-order valence-electron chi connectivity index (χ4n) is 2.88. The number of benzene rings is 1. The summed E-state index contributed by atoms with van der Waals surface area (Å²) in [4.78, 5) is 0. The van der Waals surface area contributed by atoms with Crippen LogP contribution in [0.1, 0.15) is 89.2 Å². The van der Waals surface area contributed by atoms with Crippen molar-refractivity contribution >= 4 is 0 Å². The molecule has 0 nitrogen and oxygen atoms in total. The van der Waals surface area contributed by atoms with Crippen LogP contribution in [0.25, 0.3) is 0 Å². The minimum absolute atomic E-state index is 1.28. The van der Waals surface area contributed by atoms with Crippen molar-refractivity contribution < 1.29 is 0 Å². The molecule has 0 bridgehead atoms. The van der Waals surface area contributed by atoms with Crippen molar-refractivity contribution in [1.82, 2.24) is 0 Å². The Morgan fingerprint density at radius 2 is 0.950 bits per heavy atom. The highest BCUT2D eigenvalue weighted by Gasteiger charge is 2.01. The molecule has 20 heavy (non-hydrogen) atoms. The van der Waals surface area contributed by atoms with Gasteiger partial charge in [-0.25, -0.2) is 0 Å². The molecule has 0 fully saturated rings. The first-order chi connectivity index (χ1) is 9.88. The second kappa shape index (κ2) is 12.0. The molecule has 0 radical (unpaired) electrons. The topological polar surface area (TPSA) is 0 Å². The van der Waals surface area contributed by atoms with E-state index in [0.717, 1.165) is 0 Å². The summed E-state index contributed by atoms with van der Waals surface area (Å²) in [7, 11) is 0. The van der Waals surface area contributed by atoms with Crippen LogP contribution in [-0.2, 0) is 12.8 Å². The van der Waals surface area contributed by atoms with Gasteiger partial charge in [-0.1, -0.05) is 89.5 Å². The second-order valence-electron chi connectivity index (χ2n) is 6.10. The highest BCUT2D eigenvalue weighted by Crippen LogP contribution is 2.17. The first-order valence-corrected chi connectivity index (χ1v) is 8.95. The van der Waals surface area contributed by atoms with Gasteiger partial charge >= 0.3 is 0 Å². The van der Waals surface area contributed by atoms with Crippen LogP contribution in [-0.4, -0.2) is 0 Å². The summed E-state index contributed by atoms with van der Waals surface area (Å²) >= 11 is 0. The Morgan fingerprint density at radius 3 is 1.45 bits per heavy atom. The van der Waals surface area contributed by atoms with E-state index >= 15 is 0 Å². The maximum atomic E-state index is 2.35. The van der Waals surface area contributed by atoms with Gasteiger partial charge in [0, 0.05) is 0 Å². The van der Waals surface area contributed by atoms with E-state index in [-0.39, 0.29) is 0 Å². The zero-order valence-electron chi connectivity index (χ0n) is 13.8. The van der Waals surface area contributed by atoms with E-state index in [1.54, 1.807) is 11.1 Å². The predicted octanol–water partition coefficient (Wildman–Crippen LogP) is 6.71. The molecular formula is C20H34. The Labute approximate surface area is 127 Å². The molecule has 0 spiro atoms. The molecule has 1 rings (SSSR count). The van der Waals surface area contributed by atoms with E-state index in [0.29, 0.717) is 0 Å². The van der Waals surface area contributed by atoms with Crippen molar-refractivity contribution in [2.45, 2.75) is 90.9 Å². The van der Waals surface area contributed by atoms with Crippen LogP contribution in [0.2, 0.25) is 0 Å². The van der Waals surface area contributed by atoms with Crippen molar-refractivity contribution in [1.29, 1.82) is 0 Å². The van der Waals surface area contributed by atoms with Gasteiger partial charge < -0.3 is 0 Å². The van der Waals surface area contributed by atoms with Crippen molar-refractivity contribution in [3.8, 4) is 0 Å². The molecule has 0 heteroatoms. The van der Waals surface area contributed by atoms with Gasteiger partial charge in [-0.15, -0.1) is 0 Å². The van der Waals surface area contributed by atoms with Crippen LogP contribution in [0, 0.1) is 0 Å². The number of hydrogen-bond acceptors (Lipinski definition) is 0. The lowest BCUT2D eigenvalue weighted by molar-refractivity contribution is 0.605. The van der Waals surface area contributed by atoms with Gasteiger partial charge in [-0.3, -0.25) is 0 Å². The summed E-state index contributed by atoms with van der Waals surface area (Å²) in [6.07, 6.45) is 16.4. The molecule has 0 unspecified atom stereocenters. The van der Waals surface area contributed by atoms with E-state index in [9.17, 15) is 0 Å². The minimum Gasteiger partial charge on any atom is -0.0654 e. The Bertz CT molecular complexity index is 327. The van der Waals surface area contributed by atoms with Gasteiger partial charge in [0.25, 0.3) is 0 Å². The van der Waals surface area contributed by atoms with Gasteiger partial charge in [0.15, 0.2) is 0 Å². The van der Waals surface area contributed by atoms with E-state index in [4.69, 9.17) is 0 Å². The molecule has 114 valence electrons. The summed E-state index contributed by atoms with van der Waals surface area (Å²) in [6.45, 7) is 4.57. The van der Waals surface area contributed by atoms with Crippen LogP contribution in [0.15, 0.2) is 24.3 Å². The zero-order valence-corrected chi connectivity index (χ0v) is 13.8. The normalized spacial score (nSPS) is 10.9. The molecule has 0 aliphatic rings. The van der Waals surface area contributed by atoms with E-state index < -0.39 is 0 Å². The lowest BCUT2D eigenvalue weighted by Crippen LogP contribution is -1.95. The van der Waals surface area contributed by atoms with Gasteiger partial charge in [-0.2, -0.15) is 0 Å². The Hall–Kier alpha value is -0.780. The van der Waals surface area contributed by atoms with Gasteiger partial charge in [0.1, 0.15) is 0 Å². The molecule has 0 atom stereocenters. The predicted molar refractivity (Wildman–Crippen MR) is 91.4 cm³/mol. The minimum atomic E-state index is 1.28. The van der Waals surface area contributed by atoms with Gasteiger partial charge in [-0.05, 0) is 36.8 Å². The molecule has 1 aromatic rings. The largest absolute Gasteiger partial charge is 0.0654 e. The summed E-state index contributed by atoms with van der Waals surface area (Å²) in [5, 5.41) is 0. The molecule has 0 N–H and O–H groups in total. The summed E-state index contributed by atoms with van der Waals surface area (Å²) < 4.78 is 0. The fourth-order valence-corrected chi connectivity index (χ4v) is 2.88. The summed E-state index contributed by atoms with van der Waals surface area (Å²) in [5.74, 6) is 0. The fraction of sp³-hybridized carbons (Fsp3) is 0.700. The van der Waals surface area contributed by atoms with Gasteiger partial charge in [0.2, 0.25) is 0 Å². The molecular weight excluding hydrogens is 240 g/mol. The second-order valence-corrected chi connectivity index (χ2v) is 6.10. The summed E-state index contributed by atoms with van der Waals surface area (Å²) in [5.41, 5.74) is 3.22. The van der Waals surface area contributed by atoms with Crippen LogP contribution >= 0.6 is 0 Å². The lowest BCUT2D eigenvalue weighted by atomic mass is 9.96. The quantitative estimate of drug-likeness (QED) is 0.371. The van der Waals surface area contributed by atoms with Crippen molar-refractivity contribution in [3.05, 3.63) is 35.4 Å². The molecule has 1 aromatic carbocycles. The van der Waals surface area contributed by atoms with E-state index in [1.165, 1.54) is 77.0 Å². The average molecular weight is 274 g/mol. The first kappa shape index (κ1) is 17.3. The van der Waals surface area contributed by atoms with Crippen molar-refractivity contribution in [2.75, 3.05) is 0 Å². The number of unbranched alkanes of at least 4 members (excludes halogenated alkanes) is 8. The SMILES string of the molecule is CCCCCCCCc1ccccc1CCCCCC. The van der Waals surface area contributed by atoms with Crippen LogP contribution < -0.4 is 0 Å². The van der Waals surface area contributed by atoms with Gasteiger partial charge in [0.05, 0.1) is 0 Å². The van der Waals surface area contributed by atoms with E-state index in [2.05, 4.69) is 38.1 Å². The molecule has 0 aliphatic heterocycles. The molecule has 0 heterocycles. The molecule has 0 saturated carbocycles. The smallest absolute Gasteiger partial charge is 0.0276 e. The number of hydrogen-bond donors (Lipinski definition) is 0. The van der Waals surface area contributed by atoms with Crippen LogP contribution in [0.5, 0.6) is 0 Å². The highest BCUT2D eigenvalue weighted by atomic mass is 14.1. The Kier molecular flexibility index (Phi) is 10.4. The number of rotatable bonds is 12. The maximum Gasteiger partial charge on any atom is -0.0276 e. The average Bonchev–Trinajstić information content (AvgIpc) is 2.48. The third-order valence-corrected chi connectivity index (χ3v) is 4.22. The third-order valence-electron chi connectivity index (χ3n) is 4.22. The van der Waals surface area contributed by atoms with E-state index in [1.807, 2.05) is 0 Å². The first-order valence-electron chi connectivity index (χ1n) is 8.95. The molecule has 0 saturated heterocycles. The summed E-state index contributed by atoms with van der Waals surface area (Å²) in [6, 6.07) is 9.11. The monoisotopic (exact) mass is 274 g/mol. The Morgan fingerprint density at radius 1 is 0.550 bits per heavy atom. The molecule has 0 amide bonds.